The van der Waals surface area contributed by atoms with Gasteiger partial charge in [0.1, 0.15) is 0 Å². The van der Waals surface area contributed by atoms with Crippen LogP contribution in [0.4, 0.5) is 0 Å². The molecule has 0 radical (unpaired) electrons. The first kappa shape index (κ1) is 11.5. The summed E-state index contributed by atoms with van der Waals surface area (Å²) in [6.45, 7) is 0.0899. The Bertz CT molecular complexity index is 272. The minimum absolute atomic E-state index is 0.0899. The van der Waals surface area contributed by atoms with Gasteiger partial charge >= 0.3 is 95.0 Å². The van der Waals surface area contributed by atoms with Gasteiger partial charge in [-0.05, 0) is 0 Å². The molecule has 1 N–H and O–H groups in total. The number of aliphatic hydroxyl groups is 1. The van der Waals surface area contributed by atoms with Gasteiger partial charge in [0.25, 0.3) is 0 Å². The third-order valence-corrected chi connectivity index (χ3v) is 11.0. The zero-order chi connectivity index (χ0) is 9.19. The third kappa shape index (κ3) is 2.97. The van der Waals surface area contributed by atoms with E-state index in [1.807, 2.05) is 24.3 Å². The number of aliphatic hydroxyl groups excluding tert-OH is 1. The SMILES string of the molecule is OCc1ccccc1[Te](Br)(Br)Br. The molecule has 5 heteroatoms. The molecule has 0 aliphatic rings. The van der Waals surface area contributed by atoms with Crippen LogP contribution in [0.15, 0.2) is 24.3 Å². The first-order valence-electron chi connectivity index (χ1n) is 3.16. The first-order valence-corrected chi connectivity index (χ1v) is 20.0. The Labute approximate surface area is 93.7 Å². The molecule has 0 unspecified atom stereocenters. The van der Waals surface area contributed by atoms with Crippen LogP contribution in [-0.2, 0) is 6.61 Å². The van der Waals surface area contributed by atoms with Crippen LogP contribution in [0, 0.1) is 0 Å². The second-order valence-corrected chi connectivity index (χ2v) is 42.8. The van der Waals surface area contributed by atoms with Crippen molar-refractivity contribution in [3.63, 3.8) is 0 Å². The van der Waals surface area contributed by atoms with Crippen molar-refractivity contribution in [3.05, 3.63) is 29.8 Å². The van der Waals surface area contributed by atoms with Crippen molar-refractivity contribution < 1.29 is 5.11 Å². The minimum atomic E-state index is -2.33. The maximum atomic E-state index is 9.05. The molecule has 1 aromatic rings. The van der Waals surface area contributed by atoms with E-state index in [-0.39, 0.29) is 6.61 Å². The quantitative estimate of drug-likeness (QED) is 0.654. The molecule has 12 heavy (non-hydrogen) atoms. The van der Waals surface area contributed by atoms with Gasteiger partial charge in [0, 0.05) is 0 Å². The van der Waals surface area contributed by atoms with E-state index in [1.165, 1.54) is 3.61 Å². The van der Waals surface area contributed by atoms with Crippen molar-refractivity contribution in [3.8, 4) is 0 Å². The molecule has 68 valence electrons. The molecular weight excluding hydrogens is 467 g/mol. The Balaban J connectivity index is 3.14. The second kappa shape index (κ2) is 4.77. The Morgan fingerprint density at radius 1 is 1.17 bits per heavy atom. The fraction of sp³-hybridized carbons (Fsp3) is 0.143. The molecule has 1 nitrogen and oxygen atoms in total. The molecule has 0 aliphatic carbocycles. The monoisotopic (exact) mass is 474 g/mol. The van der Waals surface area contributed by atoms with Gasteiger partial charge in [0.05, 0.1) is 0 Å². The number of benzene rings is 1. The van der Waals surface area contributed by atoms with E-state index >= 15 is 0 Å². The van der Waals surface area contributed by atoms with E-state index in [9.17, 15) is 0 Å². The molecule has 0 aromatic heterocycles. The van der Waals surface area contributed by atoms with Gasteiger partial charge in [0.2, 0.25) is 0 Å². The summed E-state index contributed by atoms with van der Waals surface area (Å²) in [6, 6.07) is 7.85. The fourth-order valence-corrected chi connectivity index (χ4v) is 9.11. The molecule has 0 fully saturated rings. The van der Waals surface area contributed by atoms with Gasteiger partial charge in [-0.15, -0.1) is 0 Å². The number of rotatable bonds is 2. The molecule has 0 aliphatic heterocycles. The molecule has 0 amide bonds. The average Bonchev–Trinajstić information content (AvgIpc) is 2.03. The normalized spacial score (nSPS) is 13.0. The van der Waals surface area contributed by atoms with Gasteiger partial charge in [-0.2, -0.15) is 0 Å². The van der Waals surface area contributed by atoms with E-state index in [2.05, 4.69) is 38.3 Å². The second-order valence-electron chi connectivity index (χ2n) is 2.17. The van der Waals surface area contributed by atoms with Crippen LogP contribution in [0.5, 0.6) is 0 Å². The Hall–Kier alpha value is 1.41. The van der Waals surface area contributed by atoms with Crippen LogP contribution in [0.3, 0.4) is 0 Å². The molecule has 0 bridgehead atoms. The molecule has 1 aromatic carbocycles. The maximum absolute atomic E-state index is 9.05. The summed E-state index contributed by atoms with van der Waals surface area (Å²) in [5.74, 6) is 0. The van der Waals surface area contributed by atoms with Crippen LogP contribution in [-0.4, -0.2) is 16.7 Å². The van der Waals surface area contributed by atoms with Crippen molar-refractivity contribution in [1.82, 2.24) is 0 Å². The van der Waals surface area contributed by atoms with Crippen molar-refractivity contribution in [1.29, 1.82) is 0 Å². The summed E-state index contributed by atoms with van der Waals surface area (Å²) >= 11 is 8.44. The molecular formula is C7H7Br3OTe. The number of hydrogen-bond donors (Lipinski definition) is 1. The molecule has 0 spiro atoms. The topological polar surface area (TPSA) is 20.2 Å². The average molecular weight is 474 g/mol. The van der Waals surface area contributed by atoms with E-state index in [0.717, 1.165) is 5.56 Å². The van der Waals surface area contributed by atoms with E-state index in [1.54, 1.807) is 0 Å². The molecule has 1 rings (SSSR count). The van der Waals surface area contributed by atoms with Crippen molar-refractivity contribution in [2.45, 2.75) is 6.61 Å². The first-order chi connectivity index (χ1) is 5.55. The Kier molecular flexibility index (Phi) is 4.56. The van der Waals surface area contributed by atoms with Crippen molar-refractivity contribution in [2.24, 2.45) is 0 Å². The summed E-state index contributed by atoms with van der Waals surface area (Å²) in [5, 5.41) is 9.05. The zero-order valence-corrected chi connectivity index (χ0v) is 13.1. The van der Waals surface area contributed by atoms with Crippen LogP contribution < -0.4 is 3.61 Å². The predicted molar refractivity (Wildman–Crippen MR) is 64.5 cm³/mol. The van der Waals surface area contributed by atoms with Crippen LogP contribution in [0.25, 0.3) is 0 Å². The molecule has 0 saturated carbocycles. The van der Waals surface area contributed by atoms with Crippen molar-refractivity contribution in [2.75, 3.05) is 0 Å². The zero-order valence-electron chi connectivity index (χ0n) is 6.01. The van der Waals surface area contributed by atoms with Crippen LogP contribution >= 0.6 is 38.3 Å². The number of hydrogen-bond acceptors (Lipinski definition) is 1. The summed E-state index contributed by atoms with van der Waals surface area (Å²) < 4.78 is 1.17. The summed E-state index contributed by atoms with van der Waals surface area (Å²) in [7, 11) is 0. The van der Waals surface area contributed by atoms with Gasteiger partial charge in [-0.3, -0.25) is 0 Å². The Morgan fingerprint density at radius 2 is 1.75 bits per heavy atom. The standard InChI is InChI=1S/C7H7Br3OTe/c8-12(9,10)7-4-2-1-3-6(7)5-11/h1-4,11H,5H2. The summed E-state index contributed by atoms with van der Waals surface area (Å²) in [4.78, 5) is 0. The van der Waals surface area contributed by atoms with E-state index < -0.39 is 11.6 Å². The number of halogens is 3. The molecule has 0 heterocycles. The van der Waals surface area contributed by atoms with Crippen LogP contribution in [0.2, 0.25) is 0 Å². The molecule has 0 atom stereocenters. The van der Waals surface area contributed by atoms with Gasteiger partial charge in [0.15, 0.2) is 0 Å². The van der Waals surface area contributed by atoms with Gasteiger partial charge < -0.3 is 0 Å². The predicted octanol–water partition coefficient (Wildman–Crippen LogP) is 2.51. The van der Waals surface area contributed by atoms with Crippen LogP contribution in [0.1, 0.15) is 5.56 Å². The van der Waals surface area contributed by atoms with Crippen molar-refractivity contribution >= 4 is 53.4 Å². The van der Waals surface area contributed by atoms with E-state index in [0.29, 0.717) is 0 Å². The summed E-state index contributed by atoms with van der Waals surface area (Å²) in [6.07, 6.45) is 0. The summed E-state index contributed by atoms with van der Waals surface area (Å²) in [5.41, 5.74) is 0.976. The third-order valence-electron chi connectivity index (χ3n) is 1.39. The fourth-order valence-electron chi connectivity index (χ4n) is 0.860. The molecule has 0 saturated heterocycles. The van der Waals surface area contributed by atoms with Gasteiger partial charge in [-0.25, -0.2) is 0 Å². The van der Waals surface area contributed by atoms with Gasteiger partial charge in [-0.1, -0.05) is 0 Å². The Morgan fingerprint density at radius 3 is 2.17 bits per heavy atom. The van der Waals surface area contributed by atoms with E-state index in [4.69, 9.17) is 5.11 Å².